The van der Waals surface area contributed by atoms with Crippen LogP contribution in [0.4, 0.5) is 11.4 Å². The van der Waals surface area contributed by atoms with Crippen molar-refractivity contribution in [3.8, 4) is 0 Å². The van der Waals surface area contributed by atoms with Crippen LogP contribution < -0.4 is 15.2 Å². The number of carbonyl (C=O) groups is 1. The Morgan fingerprint density at radius 2 is 1.82 bits per heavy atom. The van der Waals surface area contributed by atoms with Crippen molar-refractivity contribution in [3.05, 3.63) is 35.9 Å². The molecule has 0 aliphatic carbocycles. The van der Waals surface area contributed by atoms with Crippen LogP contribution in [-0.2, 0) is 4.79 Å². The van der Waals surface area contributed by atoms with Crippen molar-refractivity contribution < 1.29 is 4.79 Å². The van der Waals surface area contributed by atoms with Gasteiger partial charge in [-0.25, -0.2) is 5.43 Å². The summed E-state index contributed by atoms with van der Waals surface area (Å²) in [7, 11) is 8.09. The Balaban J connectivity index is 2.68. The molecule has 2 aromatic rings. The summed E-state index contributed by atoms with van der Waals surface area (Å²) in [5, 5.41) is 6.34. The Hall–Kier alpha value is -2.56. The molecule has 2 rings (SSSR count). The second kappa shape index (κ2) is 6.47. The number of amides is 1. The van der Waals surface area contributed by atoms with Crippen molar-refractivity contribution >= 4 is 34.3 Å². The van der Waals surface area contributed by atoms with E-state index in [0.717, 1.165) is 16.9 Å². The lowest BCUT2D eigenvalue weighted by Gasteiger charge is -2.23. The largest absolute Gasteiger partial charge is 0.377 e. The van der Waals surface area contributed by atoms with Gasteiger partial charge in [-0.2, -0.15) is 5.10 Å². The first-order valence-electron chi connectivity index (χ1n) is 7.12. The molecule has 0 radical (unpaired) electrons. The maximum Gasteiger partial charge on any atom is 0.236 e. The first kappa shape index (κ1) is 15.8. The summed E-state index contributed by atoms with van der Waals surface area (Å²) < 4.78 is 0. The fourth-order valence-corrected chi connectivity index (χ4v) is 2.51. The number of carbonyl (C=O) groups excluding carboxylic acids is 1. The summed E-state index contributed by atoms with van der Waals surface area (Å²) in [5.41, 5.74) is 5.63. The number of hydrazone groups is 1. The number of hydrogen-bond acceptors (Lipinski definition) is 4. The lowest BCUT2D eigenvalue weighted by molar-refractivity contribution is -0.118. The minimum atomic E-state index is -0.183. The quantitative estimate of drug-likeness (QED) is 0.696. The molecule has 2 aromatic carbocycles. The van der Waals surface area contributed by atoms with Gasteiger partial charge < -0.3 is 9.80 Å². The molecular weight excluding hydrogens is 276 g/mol. The monoisotopic (exact) mass is 298 g/mol. The van der Waals surface area contributed by atoms with Gasteiger partial charge in [0.05, 0.1) is 11.9 Å². The maximum absolute atomic E-state index is 11.0. The number of rotatable bonds is 4. The molecule has 0 aliphatic heterocycles. The van der Waals surface area contributed by atoms with E-state index in [1.165, 1.54) is 17.7 Å². The van der Waals surface area contributed by atoms with E-state index in [2.05, 4.69) is 44.6 Å². The van der Waals surface area contributed by atoms with E-state index in [-0.39, 0.29) is 5.91 Å². The molecule has 0 unspecified atom stereocenters. The molecule has 1 N–H and O–H groups in total. The molecule has 5 heteroatoms. The standard InChI is InChI=1S/C17H22N4O/c1-12(22)19-18-11-14-10-9-13-7-6-8-15(20(2)3)16(13)17(14)21(4)5/h6-11H,1-5H3,(H,19,22)/b18-11+. The Kier molecular flexibility index (Phi) is 4.65. The molecule has 0 fully saturated rings. The van der Waals surface area contributed by atoms with Gasteiger partial charge in [-0.05, 0) is 11.5 Å². The fraction of sp³-hybridized carbons (Fsp3) is 0.294. The molecule has 0 aromatic heterocycles. The number of fused-ring (bicyclic) bond motifs is 1. The Bertz CT molecular complexity index is 720. The lowest BCUT2D eigenvalue weighted by atomic mass is 10.0. The van der Waals surface area contributed by atoms with Gasteiger partial charge in [-0.3, -0.25) is 4.79 Å². The van der Waals surface area contributed by atoms with E-state index in [0.29, 0.717) is 0 Å². The number of nitrogens with one attached hydrogen (secondary N) is 1. The van der Waals surface area contributed by atoms with Crippen molar-refractivity contribution in [2.75, 3.05) is 38.0 Å². The van der Waals surface area contributed by atoms with Crippen LogP contribution in [0.5, 0.6) is 0 Å². The summed E-state index contributed by atoms with van der Waals surface area (Å²) in [6.45, 7) is 1.44. The van der Waals surface area contributed by atoms with Crippen LogP contribution >= 0.6 is 0 Å². The van der Waals surface area contributed by atoms with Gasteiger partial charge in [0, 0.05) is 51.8 Å². The third-order valence-corrected chi connectivity index (χ3v) is 3.38. The zero-order chi connectivity index (χ0) is 16.3. The fourth-order valence-electron chi connectivity index (χ4n) is 2.51. The van der Waals surface area contributed by atoms with Gasteiger partial charge in [0.25, 0.3) is 0 Å². The average Bonchev–Trinajstić information content (AvgIpc) is 2.45. The van der Waals surface area contributed by atoms with E-state index in [4.69, 9.17) is 0 Å². The highest BCUT2D eigenvalue weighted by Gasteiger charge is 2.13. The van der Waals surface area contributed by atoms with E-state index < -0.39 is 0 Å². The maximum atomic E-state index is 11.0. The van der Waals surface area contributed by atoms with E-state index in [1.807, 2.05) is 34.3 Å². The van der Waals surface area contributed by atoms with Crippen LogP contribution in [0.3, 0.4) is 0 Å². The van der Waals surface area contributed by atoms with Crippen molar-refractivity contribution in [2.45, 2.75) is 6.92 Å². The van der Waals surface area contributed by atoms with E-state index in [9.17, 15) is 4.79 Å². The van der Waals surface area contributed by atoms with Crippen molar-refractivity contribution in [2.24, 2.45) is 5.10 Å². The molecule has 0 atom stereocenters. The van der Waals surface area contributed by atoms with Gasteiger partial charge >= 0.3 is 0 Å². The predicted molar refractivity (Wildman–Crippen MR) is 94.0 cm³/mol. The Morgan fingerprint density at radius 3 is 2.41 bits per heavy atom. The topological polar surface area (TPSA) is 47.9 Å². The molecule has 22 heavy (non-hydrogen) atoms. The van der Waals surface area contributed by atoms with Crippen molar-refractivity contribution in [1.29, 1.82) is 0 Å². The summed E-state index contributed by atoms with van der Waals surface area (Å²) in [6, 6.07) is 10.4. The highest BCUT2D eigenvalue weighted by molar-refractivity contribution is 6.09. The zero-order valence-electron chi connectivity index (χ0n) is 13.7. The number of nitrogens with zero attached hydrogens (tertiary/aromatic N) is 3. The second-order valence-electron chi connectivity index (χ2n) is 5.59. The number of hydrogen-bond donors (Lipinski definition) is 1. The summed E-state index contributed by atoms with van der Waals surface area (Å²) in [4.78, 5) is 15.1. The van der Waals surface area contributed by atoms with Crippen LogP contribution in [0.1, 0.15) is 12.5 Å². The molecule has 0 spiro atoms. The zero-order valence-corrected chi connectivity index (χ0v) is 13.7. The Labute approximate surface area is 131 Å². The second-order valence-corrected chi connectivity index (χ2v) is 5.59. The first-order chi connectivity index (χ1) is 10.4. The average molecular weight is 298 g/mol. The van der Waals surface area contributed by atoms with Crippen molar-refractivity contribution in [1.82, 2.24) is 5.43 Å². The van der Waals surface area contributed by atoms with Crippen LogP contribution in [0.2, 0.25) is 0 Å². The Morgan fingerprint density at radius 1 is 1.09 bits per heavy atom. The number of benzene rings is 2. The molecule has 116 valence electrons. The minimum Gasteiger partial charge on any atom is -0.377 e. The number of anilines is 2. The van der Waals surface area contributed by atoms with Crippen molar-refractivity contribution in [3.63, 3.8) is 0 Å². The van der Waals surface area contributed by atoms with E-state index in [1.54, 1.807) is 6.21 Å². The van der Waals surface area contributed by atoms with Gasteiger partial charge in [0.1, 0.15) is 0 Å². The van der Waals surface area contributed by atoms with Gasteiger partial charge in [-0.15, -0.1) is 0 Å². The van der Waals surface area contributed by atoms with Gasteiger partial charge in [0.15, 0.2) is 0 Å². The SMILES string of the molecule is CC(=O)N/N=C/c1ccc2cccc(N(C)C)c2c1N(C)C. The molecule has 0 bridgehead atoms. The minimum absolute atomic E-state index is 0.183. The summed E-state index contributed by atoms with van der Waals surface area (Å²) in [6.07, 6.45) is 1.68. The van der Waals surface area contributed by atoms with E-state index >= 15 is 0 Å². The smallest absolute Gasteiger partial charge is 0.236 e. The summed E-state index contributed by atoms with van der Waals surface area (Å²) >= 11 is 0. The molecule has 0 aliphatic rings. The summed E-state index contributed by atoms with van der Waals surface area (Å²) in [5.74, 6) is -0.183. The van der Waals surface area contributed by atoms with Crippen LogP contribution in [0.15, 0.2) is 35.4 Å². The van der Waals surface area contributed by atoms with Crippen LogP contribution in [-0.4, -0.2) is 40.3 Å². The normalized spacial score (nSPS) is 11.0. The molecule has 0 saturated carbocycles. The third-order valence-electron chi connectivity index (χ3n) is 3.38. The highest BCUT2D eigenvalue weighted by Crippen LogP contribution is 2.35. The molecule has 1 amide bonds. The first-order valence-corrected chi connectivity index (χ1v) is 7.12. The van der Waals surface area contributed by atoms with Gasteiger partial charge in [0.2, 0.25) is 5.91 Å². The third kappa shape index (κ3) is 3.19. The lowest BCUT2D eigenvalue weighted by Crippen LogP contribution is -2.16. The molecule has 5 nitrogen and oxygen atoms in total. The molecule has 0 heterocycles. The van der Waals surface area contributed by atoms with Gasteiger partial charge in [-0.1, -0.05) is 24.3 Å². The van der Waals surface area contributed by atoms with Crippen LogP contribution in [0, 0.1) is 0 Å². The van der Waals surface area contributed by atoms with Crippen LogP contribution in [0.25, 0.3) is 10.8 Å². The predicted octanol–water partition coefficient (Wildman–Crippen LogP) is 2.44. The molecule has 0 saturated heterocycles. The molecular formula is C17H22N4O. The highest BCUT2D eigenvalue weighted by atomic mass is 16.2.